The molecule has 2 nitrogen and oxygen atoms in total. The van der Waals surface area contributed by atoms with Gasteiger partial charge in [0.2, 0.25) is 0 Å². The first-order chi connectivity index (χ1) is 3.06. The van der Waals surface area contributed by atoms with Crippen molar-refractivity contribution in [3.05, 3.63) is 0 Å². The van der Waals surface area contributed by atoms with Crippen molar-refractivity contribution < 1.29 is 9.42 Å². The van der Waals surface area contributed by atoms with E-state index in [-0.39, 0.29) is 0 Å². The Morgan fingerprint density at radius 2 is 2.14 bits per heavy atom. The third-order valence-electron chi connectivity index (χ3n) is 0.284. The van der Waals surface area contributed by atoms with Crippen LogP contribution in [0.25, 0.3) is 0 Å². The van der Waals surface area contributed by atoms with Crippen LogP contribution in [0, 0.1) is 0 Å². The Kier molecular flexibility index (Phi) is 3.46. The first kappa shape index (κ1) is 7.93. The summed E-state index contributed by atoms with van der Waals surface area (Å²) in [6.07, 6.45) is -2.97. The zero-order valence-corrected chi connectivity index (χ0v) is 6.17. The summed E-state index contributed by atoms with van der Waals surface area (Å²) in [5.41, 5.74) is 0. The molecule has 0 aliphatic carbocycles. The maximum Gasteiger partial charge on any atom is 0.475 e. The zero-order chi connectivity index (χ0) is 5.91. The molecule has 0 radical (unpaired) electrons. The van der Waals surface area contributed by atoms with Gasteiger partial charge >= 0.3 is 6.42 Å². The van der Waals surface area contributed by atoms with Crippen LogP contribution in [0.5, 0.6) is 0 Å². The van der Waals surface area contributed by atoms with E-state index in [0.717, 1.165) is 0 Å². The summed E-state index contributed by atoms with van der Waals surface area (Å²) in [7, 11) is 0. The van der Waals surface area contributed by atoms with Crippen molar-refractivity contribution in [1.82, 2.24) is 0 Å². The Balaban J connectivity index is 3.15. The van der Waals surface area contributed by atoms with Crippen molar-refractivity contribution in [2.75, 3.05) is 6.61 Å². The maximum absolute atomic E-state index is 8.44. The average molecular weight is 164 g/mol. The number of halogens is 2. The van der Waals surface area contributed by atoms with Gasteiger partial charge in [0.1, 0.15) is 0 Å². The molecule has 0 aromatic carbocycles. The number of hydrogen-bond donors (Lipinski definition) is 1. The molecule has 0 fully saturated rings. The Morgan fingerprint density at radius 3 is 2.14 bits per heavy atom. The summed E-state index contributed by atoms with van der Waals surface area (Å²) in [5, 5.41) is 0. The first-order valence-electron chi connectivity index (χ1n) is 1.72. The molecule has 0 amide bonds. The van der Waals surface area contributed by atoms with E-state index in [0.29, 0.717) is 6.61 Å². The van der Waals surface area contributed by atoms with Gasteiger partial charge < -0.3 is 0 Å². The van der Waals surface area contributed by atoms with Gasteiger partial charge in [-0.2, -0.15) is 9.42 Å². The molecule has 0 unspecified atom stereocenters. The van der Waals surface area contributed by atoms with Gasteiger partial charge in [0.05, 0.1) is 6.61 Å². The Hall–Kier alpha value is 0.930. The molecule has 7 heavy (non-hydrogen) atoms. The van der Waals surface area contributed by atoms with Crippen LogP contribution < -0.4 is 0 Å². The lowest BCUT2D eigenvalue weighted by Crippen LogP contribution is -1.81. The highest BCUT2D eigenvalue weighted by atomic mass is 35.9. The molecule has 0 atom stereocenters. The van der Waals surface area contributed by atoms with Gasteiger partial charge in [-0.1, -0.05) is 0 Å². The molecule has 0 saturated carbocycles. The van der Waals surface area contributed by atoms with Crippen LogP contribution in [0.15, 0.2) is 0 Å². The van der Waals surface area contributed by atoms with E-state index in [1.54, 1.807) is 6.92 Å². The molecule has 0 rings (SSSR count). The largest absolute Gasteiger partial charge is 0.475 e. The van der Waals surface area contributed by atoms with Crippen LogP contribution in [-0.4, -0.2) is 11.5 Å². The minimum atomic E-state index is -2.97. The van der Waals surface area contributed by atoms with Gasteiger partial charge in [-0.25, -0.2) is 0 Å². The molecule has 0 aromatic heterocycles. The highest BCUT2D eigenvalue weighted by Crippen LogP contribution is 2.65. The van der Waals surface area contributed by atoms with E-state index in [2.05, 4.69) is 4.52 Å². The second-order valence-electron chi connectivity index (χ2n) is 0.853. The molecule has 0 heterocycles. The molecule has 0 bridgehead atoms. The molecule has 0 aliphatic heterocycles. The molecule has 0 aromatic rings. The van der Waals surface area contributed by atoms with Gasteiger partial charge in [-0.3, -0.25) is 0 Å². The maximum atomic E-state index is 8.44. The van der Waals surface area contributed by atoms with Crippen LogP contribution in [0.1, 0.15) is 6.92 Å². The van der Waals surface area contributed by atoms with Crippen molar-refractivity contribution in [3.8, 4) is 0 Å². The summed E-state index contributed by atoms with van der Waals surface area (Å²) in [6, 6.07) is 0. The summed E-state index contributed by atoms with van der Waals surface area (Å²) >= 11 is 10.1. The molecule has 5 heteroatoms. The lowest BCUT2D eigenvalue weighted by molar-refractivity contribution is 0.336. The summed E-state index contributed by atoms with van der Waals surface area (Å²) in [4.78, 5) is 8.44. The van der Waals surface area contributed by atoms with Crippen LogP contribution in [0.2, 0.25) is 0 Å². The smallest absolute Gasteiger partial charge is 0.188 e. The van der Waals surface area contributed by atoms with Gasteiger partial charge in [0.25, 0.3) is 0 Å². The summed E-state index contributed by atoms with van der Waals surface area (Å²) < 4.78 is 4.43. The van der Waals surface area contributed by atoms with E-state index < -0.39 is 6.42 Å². The van der Waals surface area contributed by atoms with E-state index in [4.69, 9.17) is 27.4 Å². The Bertz CT molecular complexity index is 52.1. The normalized spacial score (nSPS) is 12.0. The predicted octanol–water partition coefficient (Wildman–Crippen LogP) is 2.17. The van der Waals surface area contributed by atoms with Crippen LogP contribution >= 0.6 is 28.9 Å². The van der Waals surface area contributed by atoms with Gasteiger partial charge in [0.15, 0.2) is 22.5 Å². The SMILES string of the molecule is CCO[P+](O)(Cl)Cl. The second-order valence-corrected chi connectivity index (χ2v) is 5.25. The number of rotatable bonds is 2. The Morgan fingerprint density at radius 1 is 1.71 bits per heavy atom. The molecule has 44 valence electrons. The van der Waals surface area contributed by atoms with Crippen LogP contribution in [0.3, 0.4) is 0 Å². The molecule has 0 spiro atoms. The van der Waals surface area contributed by atoms with Crippen molar-refractivity contribution in [1.29, 1.82) is 0 Å². The average Bonchev–Trinajstić information content (AvgIpc) is 1.30. The van der Waals surface area contributed by atoms with Crippen molar-refractivity contribution in [3.63, 3.8) is 0 Å². The quantitative estimate of drug-likeness (QED) is 0.633. The van der Waals surface area contributed by atoms with Gasteiger partial charge in [-0.15, -0.1) is 0 Å². The highest BCUT2D eigenvalue weighted by Gasteiger charge is 2.32. The van der Waals surface area contributed by atoms with Crippen molar-refractivity contribution >= 4 is 28.9 Å². The second kappa shape index (κ2) is 3.06. The predicted molar refractivity (Wildman–Crippen MR) is 32.5 cm³/mol. The van der Waals surface area contributed by atoms with Crippen LogP contribution in [0.4, 0.5) is 0 Å². The van der Waals surface area contributed by atoms with E-state index in [1.807, 2.05) is 0 Å². The monoisotopic (exact) mass is 163 g/mol. The lowest BCUT2D eigenvalue weighted by Gasteiger charge is -1.94. The zero-order valence-electron chi connectivity index (χ0n) is 3.77. The molecule has 0 aliphatic rings. The van der Waals surface area contributed by atoms with E-state index >= 15 is 0 Å². The van der Waals surface area contributed by atoms with Crippen molar-refractivity contribution in [2.24, 2.45) is 0 Å². The molecule has 0 saturated heterocycles. The molecular formula is C2H6Cl2O2P+. The third-order valence-corrected chi connectivity index (χ3v) is 1.44. The summed E-state index contributed by atoms with van der Waals surface area (Å²) in [6.45, 7) is 2.05. The van der Waals surface area contributed by atoms with E-state index in [9.17, 15) is 0 Å². The topological polar surface area (TPSA) is 29.5 Å². The highest BCUT2D eigenvalue weighted by molar-refractivity contribution is 8.10. The van der Waals surface area contributed by atoms with E-state index in [1.165, 1.54) is 0 Å². The minimum absolute atomic E-state index is 0.345. The Labute approximate surface area is 52.5 Å². The summed E-state index contributed by atoms with van der Waals surface area (Å²) in [5.74, 6) is 0. The van der Waals surface area contributed by atoms with Crippen LogP contribution in [-0.2, 0) is 4.52 Å². The lowest BCUT2D eigenvalue weighted by atomic mass is 10.9. The standard InChI is InChI=1S/C2H6Cl2O2P/c1-2-6-7(3,4)5/h5H,2H2,1H3/q+1. The first-order valence-corrected chi connectivity index (χ1v) is 5.19. The van der Waals surface area contributed by atoms with Gasteiger partial charge in [0, 0.05) is 0 Å². The van der Waals surface area contributed by atoms with Gasteiger partial charge in [-0.05, 0) is 6.92 Å². The molecule has 1 N–H and O–H groups in total. The molecular weight excluding hydrogens is 158 g/mol. The minimum Gasteiger partial charge on any atom is -0.188 e. The fourth-order valence-electron chi connectivity index (χ4n) is 0.155. The third kappa shape index (κ3) is 6.93. The fourth-order valence-corrected chi connectivity index (χ4v) is 1.05. The number of hydrogen-bond acceptors (Lipinski definition) is 2. The fraction of sp³-hybridized carbons (Fsp3) is 1.00. The van der Waals surface area contributed by atoms with Crippen molar-refractivity contribution in [2.45, 2.75) is 6.92 Å².